The van der Waals surface area contributed by atoms with Crippen molar-refractivity contribution in [3.05, 3.63) is 36.4 Å². The zero-order chi connectivity index (χ0) is 13.2. The van der Waals surface area contributed by atoms with E-state index in [1.807, 2.05) is 12.4 Å². The van der Waals surface area contributed by atoms with Gasteiger partial charge in [-0.15, -0.1) is 0 Å². The SMILES string of the molecule is Cc1ccncc1N1C=CN(C2CCCCC2)C1C. The van der Waals surface area contributed by atoms with Crippen LogP contribution in [0.1, 0.15) is 44.6 Å². The van der Waals surface area contributed by atoms with E-state index in [9.17, 15) is 0 Å². The van der Waals surface area contributed by atoms with Crippen LogP contribution in [0.4, 0.5) is 5.69 Å². The summed E-state index contributed by atoms with van der Waals surface area (Å²) in [4.78, 5) is 9.15. The van der Waals surface area contributed by atoms with E-state index in [1.54, 1.807) is 0 Å². The Morgan fingerprint density at radius 1 is 1.16 bits per heavy atom. The van der Waals surface area contributed by atoms with Crippen LogP contribution in [0.2, 0.25) is 0 Å². The molecule has 0 aromatic carbocycles. The van der Waals surface area contributed by atoms with Crippen LogP contribution in [-0.4, -0.2) is 22.1 Å². The summed E-state index contributed by atoms with van der Waals surface area (Å²) < 4.78 is 0. The molecule has 1 aromatic heterocycles. The fourth-order valence-corrected chi connectivity index (χ4v) is 3.36. The second-order valence-electron chi connectivity index (χ2n) is 5.74. The molecule has 1 unspecified atom stereocenters. The van der Waals surface area contributed by atoms with E-state index in [0.717, 1.165) is 6.04 Å². The summed E-state index contributed by atoms with van der Waals surface area (Å²) in [5, 5.41) is 0. The molecule has 0 N–H and O–H groups in total. The van der Waals surface area contributed by atoms with E-state index < -0.39 is 0 Å². The van der Waals surface area contributed by atoms with Crippen LogP contribution < -0.4 is 4.90 Å². The third-order valence-electron chi connectivity index (χ3n) is 4.52. The topological polar surface area (TPSA) is 19.4 Å². The molecule has 1 aromatic rings. The summed E-state index contributed by atoms with van der Waals surface area (Å²) in [7, 11) is 0. The molecule has 1 aliphatic carbocycles. The minimum absolute atomic E-state index is 0.408. The van der Waals surface area contributed by atoms with Crippen molar-refractivity contribution in [1.29, 1.82) is 0 Å². The Hall–Kier alpha value is -1.51. The summed E-state index contributed by atoms with van der Waals surface area (Å²) in [6.45, 7) is 4.45. The van der Waals surface area contributed by atoms with Crippen LogP contribution in [0.5, 0.6) is 0 Å². The van der Waals surface area contributed by atoms with Gasteiger partial charge in [0.05, 0.1) is 11.9 Å². The van der Waals surface area contributed by atoms with Gasteiger partial charge in [-0.2, -0.15) is 0 Å². The highest BCUT2D eigenvalue weighted by molar-refractivity contribution is 5.55. The molecule has 3 heteroatoms. The van der Waals surface area contributed by atoms with Gasteiger partial charge in [0.25, 0.3) is 0 Å². The van der Waals surface area contributed by atoms with Gasteiger partial charge in [0.2, 0.25) is 0 Å². The molecule has 102 valence electrons. The van der Waals surface area contributed by atoms with E-state index in [1.165, 1.54) is 43.4 Å². The highest BCUT2D eigenvalue weighted by Crippen LogP contribution is 2.32. The lowest BCUT2D eigenvalue weighted by Gasteiger charge is -2.37. The molecule has 1 atom stereocenters. The van der Waals surface area contributed by atoms with Crippen molar-refractivity contribution < 1.29 is 0 Å². The van der Waals surface area contributed by atoms with Crippen LogP contribution in [-0.2, 0) is 0 Å². The first-order chi connectivity index (χ1) is 9.27. The van der Waals surface area contributed by atoms with E-state index in [2.05, 4.69) is 47.1 Å². The number of pyridine rings is 1. The van der Waals surface area contributed by atoms with Crippen molar-refractivity contribution in [2.75, 3.05) is 4.90 Å². The molecule has 19 heavy (non-hydrogen) atoms. The number of aryl methyl sites for hydroxylation is 1. The normalized spacial score (nSPS) is 24.2. The average molecular weight is 257 g/mol. The number of rotatable bonds is 2. The van der Waals surface area contributed by atoms with Gasteiger partial charge < -0.3 is 9.80 Å². The minimum atomic E-state index is 0.408. The molecule has 1 fully saturated rings. The summed E-state index contributed by atoms with van der Waals surface area (Å²) >= 11 is 0. The molecular formula is C16H23N3. The van der Waals surface area contributed by atoms with Crippen molar-refractivity contribution in [2.24, 2.45) is 0 Å². The van der Waals surface area contributed by atoms with Crippen molar-refractivity contribution in [2.45, 2.75) is 58.2 Å². The van der Waals surface area contributed by atoms with Gasteiger partial charge >= 0.3 is 0 Å². The minimum Gasteiger partial charge on any atom is -0.353 e. The number of aromatic nitrogens is 1. The number of hydrogen-bond acceptors (Lipinski definition) is 3. The van der Waals surface area contributed by atoms with Gasteiger partial charge in [0.1, 0.15) is 6.17 Å². The molecule has 3 rings (SSSR count). The van der Waals surface area contributed by atoms with Crippen LogP contribution in [0.3, 0.4) is 0 Å². The molecule has 3 nitrogen and oxygen atoms in total. The average Bonchev–Trinajstić information content (AvgIpc) is 2.82. The maximum atomic E-state index is 4.27. The van der Waals surface area contributed by atoms with Crippen molar-refractivity contribution in [1.82, 2.24) is 9.88 Å². The van der Waals surface area contributed by atoms with Crippen molar-refractivity contribution in [3.63, 3.8) is 0 Å². The second kappa shape index (κ2) is 5.24. The Kier molecular flexibility index (Phi) is 3.45. The third-order valence-corrected chi connectivity index (χ3v) is 4.52. The number of nitrogens with zero attached hydrogens (tertiary/aromatic N) is 3. The van der Waals surface area contributed by atoms with E-state index >= 15 is 0 Å². The van der Waals surface area contributed by atoms with Crippen molar-refractivity contribution >= 4 is 5.69 Å². The zero-order valence-corrected chi connectivity index (χ0v) is 11.9. The maximum Gasteiger partial charge on any atom is 0.103 e. The Morgan fingerprint density at radius 2 is 1.95 bits per heavy atom. The molecule has 0 amide bonds. The number of anilines is 1. The van der Waals surface area contributed by atoms with Gasteiger partial charge in [-0.05, 0) is 38.3 Å². The third kappa shape index (κ3) is 2.34. The smallest absolute Gasteiger partial charge is 0.103 e. The van der Waals surface area contributed by atoms with Gasteiger partial charge in [-0.3, -0.25) is 4.98 Å². The first-order valence-corrected chi connectivity index (χ1v) is 7.42. The lowest BCUT2D eigenvalue weighted by molar-refractivity contribution is 0.187. The molecule has 1 aliphatic heterocycles. The molecule has 0 bridgehead atoms. The Balaban J connectivity index is 1.77. The maximum absolute atomic E-state index is 4.27. The zero-order valence-electron chi connectivity index (χ0n) is 11.9. The summed E-state index contributed by atoms with van der Waals surface area (Å²) in [5.74, 6) is 0. The van der Waals surface area contributed by atoms with Gasteiger partial charge in [0, 0.05) is 24.6 Å². The van der Waals surface area contributed by atoms with Crippen molar-refractivity contribution in [3.8, 4) is 0 Å². The van der Waals surface area contributed by atoms with Crippen LogP contribution in [0.15, 0.2) is 30.9 Å². The highest BCUT2D eigenvalue weighted by atomic mass is 15.4. The largest absolute Gasteiger partial charge is 0.353 e. The lowest BCUT2D eigenvalue weighted by atomic mass is 9.94. The fraction of sp³-hybridized carbons (Fsp3) is 0.562. The molecule has 1 saturated carbocycles. The predicted molar refractivity (Wildman–Crippen MR) is 78.8 cm³/mol. The molecule has 0 radical (unpaired) electrons. The van der Waals surface area contributed by atoms with Gasteiger partial charge in [-0.1, -0.05) is 19.3 Å². The summed E-state index contributed by atoms with van der Waals surface area (Å²) in [5.41, 5.74) is 2.52. The Bertz CT molecular complexity index is 463. The predicted octanol–water partition coefficient (Wildman–Crippen LogP) is 3.66. The quantitative estimate of drug-likeness (QED) is 0.806. The van der Waals surface area contributed by atoms with Crippen LogP contribution in [0, 0.1) is 6.92 Å². The highest BCUT2D eigenvalue weighted by Gasteiger charge is 2.30. The van der Waals surface area contributed by atoms with Gasteiger partial charge in [-0.25, -0.2) is 0 Å². The van der Waals surface area contributed by atoms with E-state index in [0.29, 0.717) is 6.17 Å². The van der Waals surface area contributed by atoms with E-state index in [-0.39, 0.29) is 0 Å². The molecule has 0 spiro atoms. The van der Waals surface area contributed by atoms with Crippen LogP contribution in [0.25, 0.3) is 0 Å². The van der Waals surface area contributed by atoms with E-state index in [4.69, 9.17) is 0 Å². The Morgan fingerprint density at radius 3 is 2.68 bits per heavy atom. The van der Waals surface area contributed by atoms with Gasteiger partial charge in [0.15, 0.2) is 0 Å². The molecular weight excluding hydrogens is 234 g/mol. The lowest BCUT2D eigenvalue weighted by Crippen LogP contribution is -2.43. The number of hydrogen-bond donors (Lipinski definition) is 0. The Labute approximate surface area is 115 Å². The monoisotopic (exact) mass is 257 g/mol. The standard InChI is InChI=1S/C16H23N3/c1-13-8-9-17-12-16(13)19-11-10-18(14(19)2)15-6-4-3-5-7-15/h8-12,14-15H,3-7H2,1-2H3. The second-order valence-corrected chi connectivity index (χ2v) is 5.74. The fourth-order valence-electron chi connectivity index (χ4n) is 3.36. The molecule has 0 saturated heterocycles. The molecule has 2 aliphatic rings. The van der Waals surface area contributed by atoms with Crippen LogP contribution >= 0.6 is 0 Å². The summed E-state index contributed by atoms with van der Waals surface area (Å²) in [6.07, 6.45) is 15.6. The summed E-state index contributed by atoms with van der Waals surface area (Å²) in [6, 6.07) is 2.81. The first kappa shape index (κ1) is 12.5. The first-order valence-electron chi connectivity index (χ1n) is 7.42. The molecule has 2 heterocycles.